The first-order valence-corrected chi connectivity index (χ1v) is 6.25. The zero-order valence-corrected chi connectivity index (χ0v) is 10.4. The SMILES string of the molecule is Brc1ccc(Nc2ccc3c(c2)CC3)cc1. The molecule has 0 bridgehead atoms. The van der Waals surface area contributed by atoms with Crippen molar-refractivity contribution in [3.63, 3.8) is 0 Å². The van der Waals surface area contributed by atoms with E-state index in [1.165, 1.54) is 29.7 Å². The summed E-state index contributed by atoms with van der Waals surface area (Å²) in [4.78, 5) is 0. The van der Waals surface area contributed by atoms with Gasteiger partial charge in [-0.15, -0.1) is 0 Å². The van der Waals surface area contributed by atoms with Gasteiger partial charge in [-0.05, 0) is 60.4 Å². The van der Waals surface area contributed by atoms with Gasteiger partial charge in [0.05, 0.1) is 0 Å². The Labute approximate surface area is 104 Å². The van der Waals surface area contributed by atoms with E-state index in [0.717, 1.165) is 10.2 Å². The van der Waals surface area contributed by atoms with Crippen LogP contribution in [0, 0.1) is 0 Å². The summed E-state index contributed by atoms with van der Waals surface area (Å²) in [6.07, 6.45) is 2.47. The second-order valence-electron chi connectivity index (χ2n) is 4.12. The summed E-state index contributed by atoms with van der Waals surface area (Å²) < 4.78 is 1.11. The highest BCUT2D eigenvalue weighted by molar-refractivity contribution is 9.10. The molecule has 0 heterocycles. The number of hydrogen-bond donors (Lipinski definition) is 1. The van der Waals surface area contributed by atoms with E-state index in [1.807, 2.05) is 12.1 Å². The molecule has 2 aromatic rings. The molecular weight excluding hydrogens is 262 g/mol. The van der Waals surface area contributed by atoms with Crippen molar-refractivity contribution < 1.29 is 0 Å². The fraction of sp³-hybridized carbons (Fsp3) is 0.143. The van der Waals surface area contributed by atoms with Gasteiger partial charge in [-0.25, -0.2) is 0 Å². The van der Waals surface area contributed by atoms with Gasteiger partial charge in [-0.3, -0.25) is 0 Å². The molecule has 3 rings (SSSR count). The zero-order valence-electron chi connectivity index (χ0n) is 8.83. The molecule has 2 aromatic carbocycles. The third-order valence-corrected chi connectivity index (χ3v) is 3.53. The molecule has 16 heavy (non-hydrogen) atoms. The molecule has 80 valence electrons. The normalized spacial score (nSPS) is 12.8. The third-order valence-electron chi connectivity index (χ3n) is 3.00. The lowest BCUT2D eigenvalue weighted by Gasteiger charge is -2.19. The highest BCUT2D eigenvalue weighted by Crippen LogP contribution is 2.27. The molecule has 0 aliphatic heterocycles. The molecule has 1 N–H and O–H groups in total. The van der Waals surface area contributed by atoms with E-state index in [0.29, 0.717) is 0 Å². The van der Waals surface area contributed by atoms with Gasteiger partial charge in [0.1, 0.15) is 0 Å². The molecule has 1 aliphatic carbocycles. The fourth-order valence-corrected chi connectivity index (χ4v) is 2.24. The van der Waals surface area contributed by atoms with Crippen LogP contribution in [0.25, 0.3) is 0 Å². The van der Waals surface area contributed by atoms with Crippen LogP contribution in [0.15, 0.2) is 46.9 Å². The number of nitrogens with one attached hydrogen (secondary N) is 1. The lowest BCUT2D eigenvalue weighted by molar-refractivity contribution is 0.840. The van der Waals surface area contributed by atoms with Gasteiger partial charge in [0.15, 0.2) is 0 Å². The average Bonchev–Trinajstić information content (AvgIpc) is 2.26. The Morgan fingerprint density at radius 2 is 1.50 bits per heavy atom. The predicted octanol–water partition coefficient (Wildman–Crippen LogP) is 4.29. The van der Waals surface area contributed by atoms with Gasteiger partial charge < -0.3 is 5.32 Å². The van der Waals surface area contributed by atoms with Gasteiger partial charge in [0.25, 0.3) is 0 Å². The van der Waals surface area contributed by atoms with Crippen molar-refractivity contribution in [1.82, 2.24) is 0 Å². The van der Waals surface area contributed by atoms with Crippen molar-refractivity contribution in [3.8, 4) is 0 Å². The van der Waals surface area contributed by atoms with Crippen LogP contribution >= 0.6 is 15.9 Å². The maximum Gasteiger partial charge on any atom is 0.0387 e. The molecule has 0 aromatic heterocycles. The van der Waals surface area contributed by atoms with Crippen molar-refractivity contribution in [2.75, 3.05) is 5.32 Å². The van der Waals surface area contributed by atoms with E-state index in [4.69, 9.17) is 0 Å². The smallest absolute Gasteiger partial charge is 0.0387 e. The molecule has 0 spiro atoms. The van der Waals surface area contributed by atoms with Crippen molar-refractivity contribution in [3.05, 3.63) is 58.1 Å². The summed E-state index contributed by atoms with van der Waals surface area (Å²) in [5.41, 5.74) is 5.30. The highest BCUT2D eigenvalue weighted by Gasteiger charge is 2.12. The van der Waals surface area contributed by atoms with Gasteiger partial charge in [-0.1, -0.05) is 22.0 Å². The third kappa shape index (κ3) is 1.85. The average molecular weight is 274 g/mol. The molecule has 0 amide bonds. The van der Waals surface area contributed by atoms with E-state index >= 15 is 0 Å². The molecule has 0 fully saturated rings. The topological polar surface area (TPSA) is 12.0 Å². The molecule has 2 heteroatoms. The molecule has 1 aliphatic rings. The second kappa shape index (κ2) is 3.95. The van der Waals surface area contributed by atoms with Gasteiger partial charge in [0, 0.05) is 15.8 Å². The van der Waals surface area contributed by atoms with Crippen molar-refractivity contribution in [2.45, 2.75) is 12.8 Å². The second-order valence-corrected chi connectivity index (χ2v) is 5.03. The predicted molar refractivity (Wildman–Crippen MR) is 71.3 cm³/mol. The summed E-state index contributed by atoms with van der Waals surface area (Å²) in [6.45, 7) is 0. The number of benzene rings is 2. The summed E-state index contributed by atoms with van der Waals surface area (Å²) in [7, 11) is 0. The van der Waals surface area contributed by atoms with Crippen LogP contribution in [0.2, 0.25) is 0 Å². The van der Waals surface area contributed by atoms with Crippen LogP contribution < -0.4 is 5.32 Å². The number of fused-ring (bicyclic) bond motifs is 1. The van der Waals surface area contributed by atoms with E-state index in [1.54, 1.807) is 0 Å². The minimum atomic E-state index is 1.11. The first-order chi connectivity index (χ1) is 7.81. The quantitative estimate of drug-likeness (QED) is 0.861. The Bertz CT molecular complexity index is 517. The maximum absolute atomic E-state index is 3.43. The van der Waals surface area contributed by atoms with Crippen LogP contribution in [0.5, 0.6) is 0 Å². The van der Waals surface area contributed by atoms with Crippen LogP contribution in [-0.4, -0.2) is 0 Å². The minimum absolute atomic E-state index is 1.11. The number of rotatable bonds is 2. The molecule has 0 saturated carbocycles. The zero-order chi connectivity index (χ0) is 11.0. The minimum Gasteiger partial charge on any atom is -0.356 e. The first-order valence-electron chi connectivity index (χ1n) is 5.46. The fourth-order valence-electron chi connectivity index (χ4n) is 1.97. The Kier molecular flexibility index (Phi) is 2.44. The largest absolute Gasteiger partial charge is 0.356 e. The van der Waals surface area contributed by atoms with E-state index < -0.39 is 0 Å². The van der Waals surface area contributed by atoms with E-state index in [9.17, 15) is 0 Å². The van der Waals surface area contributed by atoms with Crippen LogP contribution in [-0.2, 0) is 12.8 Å². The van der Waals surface area contributed by atoms with Crippen molar-refractivity contribution in [1.29, 1.82) is 0 Å². The molecule has 0 unspecified atom stereocenters. The van der Waals surface area contributed by atoms with Gasteiger partial charge >= 0.3 is 0 Å². The Morgan fingerprint density at radius 1 is 0.812 bits per heavy atom. The number of hydrogen-bond acceptors (Lipinski definition) is 1. The van der Waals surface area contributed by atoms with Gasteiger partial charge in [-0.2, -0.15) is 0 Å². The monoisotopic (exact) mass is 273 g/mol. The number of halogens is 1. The maximum atomic E-state index is 3.43. The molecule has 0 atom stereocenters. The van der Waals surface area contributed by atoms with Crippen molar-refractivity contribution >= 4 is 27.3 Å². The van der Waals surface area contributed by atoms with Crippen molar-refractivity contribution in [2.24, 2.45) is 0 Å². The van der Waals surface area contributed by atoms with Crippen LogP contribution in [0.4, 0.5) is 11.4 Å². The Balaban J connectivity index is 1.83. The van der Waals surface area contributed by atoms with E-state index in [2.05, 4.69) is 51.6 Å². The molecular formula is C14H12BrN. The standard InChI is InChI=1S/C14H12BrN/c15-12-4-7-13(8-5-12)16-14-6-3-10-1-2-11(10)9-14/h3-9,16H,1-2H2. The molecule has 0 radical (unpaired) electrons. The summed E-state index contributed by atoms with van der Waals surface area (Å²) in [5, 5.41) is 3.41. The summed E-state index contributed by atoms with van der Waals surface area (Å²) in [6, 6.07) is 14.9. The Hall–Kier alpha value is -1.28. The van der Waals surface area contributed by atoms with Crippen LogP contribution in [0.1, 0.15) is 11.1 Å². The highest BCUT2D eigenvalue weighted by atomic mass is 79.9. The summed E-state index contributed by atoms with van der Waals surface area (Å²) >= 11 is 3.43. The first kappa shape index (κ1) is 9.91. The lowest BCUT2D eigenvalue weighted by atomic mass is 9.88. The van der Waals surface area contributed by atoms with Gasteiger partial charge in [0.2, 0.25) is 0 Å². The number of aryl methyl sites for hydroxylation is 2. The van der Waals surface area contributed by atoms with E-state index in [-0.39, 0.29) is 0 Å². The molecule has 0 saturated heterocycles. The summed E-state index contributed by atoms with van der Waals surface area (Å²) in [5.74, 6) is 0. The number of anilines is 2. The van der Waals surface area contributed by atoms with Crippen LogP contribution in [0.3, 0.4) is 0 Å². The Morgan fingerprint density at radius 3 is 2.12 bits per heavy atom. The lowest BCUT2D eigenvalue weighted by Crippen LogP contribution is -2.08. The molecule has 1 nitrogen and oxygen atoms in total.